The molecule has 332 valence electrons. The number of cyclic esters (lactones) is 1. The molecule has 0 unspecified atom stereocenters. The maximum Gasteiger partial charge on any atom is 0.373 e. The molecule has 3 rings (SSSR count). The number of nitrogens with one attached hydrogen (secondary N) is 1. The normalized spacial score (nSPS) is 34.9. The van der Waals surface area contributed by atoms with Crippen LogP contribution in [-0.4, -0.2) is 101 Å². The molecule has 14 nitrogen and oxygen atoms in total. The van der Waals surface area contributed by atoms with E-state index in [1.54, 1.807) is 64.2 Å². The third-order valence-electron chi connectivity index (χ3n) is 11.5. The van der Waals surface area contributed by atoms with Crippen molar-refractivity contribution in [2.75, 3.05) is 14.2 Å². The Labute approximate surface area is 354 Å². The lowest BCUT2D eigenvalue weighted by Gasteiger charge is -2.48. The van der Waals surface area contributed by atoms with Crippen LogP contribution in [0.2, 0.25) is 0 Å². The van der Waals surface area contributed by atoms with Crippen LogP contribution in [0.25, 0.3) is 0 Å². The number of allylic oxidation sites excluding steroid dienone is 10. The Morgan fingerprint density at radius 2 is 1.77 bits per heavy atom. The lowest BCUT2D eigenvalue weighted by atomic mass is 9.77. The van der Waals surface area contributed by atoms with Crippen LogP contribution < -0.4 is 5.32 Å². The van der Waals surface area contributed by atoms with E-state index in [4.69, 9.17) is 23.7 Å². The molecule has 12 atom stereocenters. The highest BCUT2D eigenvalue weighted by molar-refractivity contribution is 6.04. The van der Waals surface area contributed by atoms with E-state index in [1.807, 2.05) is 39.8 Å². The van der Waals surface area contributed by atoms with Crippen LogP contribution in [0.3, 0.4) is 0 Å². The van der Waals surface area contributed by atoms with Crippen molar-refractivity contribution in [2.45, 2.75) is 123 Å². The monoisotopic (exact) mass is 839 g/mol. The van der Waals surface area contributed by atoms with Gasteiger partial charge in [0, 0.05) is 62.2 Å². The fourth-order valence-corrected chi connectivity index (χ4v) is 7.71. The predicted molar refractivity (Wildman–Crippen MR) is 224 cm³/mol. The molecule has 5 N–H and O–H groups in total. The number of carbonyl (C=O) groups is 4. The number of carbonyl (C=O) groups excluding carboxylic acids is 4. The molecule has 14 heteroatoms. The second kappa shape index (κ2) is 22.8. The zero-order chi connectivity index (χ0) is 44.9. The number of ether oxygens (including phenoxy) is 5. The quantitative estimate of drug-likeness (QED) is 0.0933. The van der Waals surface area contributed by atoms with E-state index in [0.717, 1.165) is 17.7 Å². The predicted octanol–water partition coefficient (Wildman–Crippen LogP) is 5.52. The van der Waals surface area contributed by atoms with Gasteiger partial charge in [-0.05, 0) is 39.2 Å². The highest BCUT2D eigenvalue weighted by Gasteiger charge is 2.52. The molecule has 0 radical (unpaired) electrons. The lowest BCUT2D eigenvalue weighted by Crippen LogP contribution is -2.58. The van der Waals surface area contributed by atoms with Crippen LogP contribution in [0.4, 0.5) is 0 Å². The van der Waals surface area contributed by atoms with E-state index in [-0.39, 0.29) is 48.3 Å². The maximum atomic E-state index is 13.8. The fraction of sp³-hybridized carbons (Fsp3) is 0.565. The van der Waals surface area contributed by atoms with Crippen molar-refractivity contribution in [3.8, 4) is 0 Å². The molecule has 0 saturated carbocycles. The first-order chi connectivity index (χ1) is 28.3. The van der Waals surface area contributed by atoms with Crippen LogP contribution in [0, 0.1) is 29.6 Å². The summed E-state index contributed by atoms with van der Waals surface area (Å²) in [5, 5.41) is 47.5. The summed E-state index contributed by atoms with van der Waals surface area (Å²) < 4.78 is 29.4. The number of amides is 1. The van der Waals surface area contributed by atoms with Crippen LogP contribution in [0.15, 0.2) is 95.2 Å². The molecule has 2 aliphatic heterocycles. The molecule has 1 amide bonds. The molecule has 0 bridgehead atoms. The van der Waals surface area contributed by atoms with Gasteiger partial charge in [-0.3, -0.25) is 9.59 Å². The van der Waals surface area contributed by atoms with E-state index >= 15 is 0 Å². The molecule has 1 aliphatic carbocycles. The first-order valence-electron chi connectivity index (χ1n) is 20.5. The van der Waals surface area contributed by atoms with Crippen LogP contribution in [0.1, 0.15) is 81.1 Å². The zero-order valence-electron chi connectivity index (χ0n) is 36.5. The van der Waals surface area contributed by atoms with Gasteiger partial charge in [0.1, 0.15) is 29.8 Å². The Hall–Kier alpha value is -4.60. The number of ketones is 1. The van der Waals surface area contributed by atoms with Crippen LogP contribution >= 0.6 is 0 Å². The number of esters is 2. The van der Waals surface area contributed by atoms with Gasteiger partial charge in [0.05, 0.1) is 25.4 Å². The summed E-state index contributed by atoms with van der Waals surface area (Å²) in [6, 6.07) is 0. The van der Waals surface area contributed by atoms with Crippen LogP contribution in [-0.2, 0) is 42.9 Å². The molecular weight excluding hydrogens is 774 g/mol. The van der Waals surface area contributed by atoms with E-state index in [1.165, 1.54) is 20.3 Å². The zero-order valence-corrected chi connectivity index (χ0v) is 36.5. The van der Waals surface area contributed by atoms with Gasteiger partial charge in [-0.1, -0.05) is 94.4 Å². The smallest absolute Gasteiger partial charge is 0.373 e. The summed E-state index contributed by atoms with van der Waals surface area (Å²) in [5.41, 5.74) is 1.45. The summed E-state index contributed by atoms with van der Waals surface area (Å²) in [6.07, 6.45) is 12.2. The summed E-state index contributed by atoms with van der Waals surface area (Å²) in [7, 11) is 2.78. The topological polar surface area (TPSA) is 207 Å². The van der Waals surface area contributed by atoms with E-state index < -0.39 is 83.8 Å². The van der Waals surface area contributed by atoms with E-state index in [9.17, 15) is 39.6 Å². The Balaban J connectivity index is 1.96. The molecule has 60 heavy (non-hydrogen) atoms. The van der Waals surface area contributed by atoms with Crippen LogP contribution in [0.5, 0.6) is 0 Å². The van der Waals surface area contributed by atoms with Crippen molar-refractivity contribution in [1.29, 1.82) is 0 Å². The van der Waals surface area contributed by atoms with Crippen molar-refractivity contribution in [1.82, 2.24) is 5.32 Å². The minimum absolute atomic E-state index is 0.0655. The highest BCUT2D eigenvalue weighted by Crippen LogP contribution is 2.41. The largest absolute Gasteiger partial charge is 0.510 e. The number of methoxy groups -OCH3 is 2. The maximum absolute atomic E-state index is 13.8. The SMILES string of the molecule is C/C=C/C=C/[C@H]1O[C@@](O)([C@@H](C)[C@H](O)[C@H](C)[C@H]2OC(=O)/C(OC)=C/C(C)=C/[C@@H](C)[C@@H](O)[C@@H](C)C/C(C)=C/C=C/[C@@H]2OC)C[C@@H](OC(=O)/C=C/C(=O)NC2=C(O)CCC2=O)[C@@H]1C. The van der Waals surface area contributed by atoms with Gasteiger partial charge in [0.2, 0.25) is 11.7 Å². The van der Waals surface area contributed by atoms with Crippen molar-refractivity contribution >= 4 is 23.6 Å². The third-order valence-corrected chi connectivity index (χ3v) is 11.5. The van der Waals surface area contributed by atoms with Gasteiger partial charge >= 0.3 is 11.9 Å². The van der Waals surface area contributed by atoms with Crippen molar-refractivity contribution in [3.63, 3.8) is 0 Å². The first kappa shape index (κ1) is 49.8. The minimum atomic E-state index is -2.10. The molecule has 1 saturated heterocycles. The summed E-state index contributed by atoms with van der Waals surface area (Å²) in [5.74, 6) is -8.21. The number of aliphatic hydroxyl groups is 4. The van der Waals surface area contributed by atoms with Crippen molar-refractivity contribution < 1.29 is 63.3 Å². The molecule has 0 spiro atoms. The number of Topliss-reactive ketones (excluding diaryl/α,β-unsaturated/α-hetero) is 1. The second-order valence-electron chi connectivity index (χ2n) is 16.2. The number of hydrogen-bond acceptors (Lipinski definition) is 13. The van der Waals surface area contributed by atoms with Gasteiger partial charge in [-0.25, -0.2) is 9.59 Å². The van der Waals surface area contributed by atoms with Gasteiger partial charge in [-0.2, -0.15) is 0 Å². The Kier molecular flexibility index (Phi) is 18.9. The molecule has 1 fully saturated rings. The van der Waals surface area contributed by atoms with Crippen molar-refractivity contribution in [3.05, 3.63) is 95.2 Å². The standard InChI is InChI=1S/C46H65NO13/c1-11-12-13-16-35-30(6)38(58-40(51)21-20-39(50)47-41-33(48)18-19-34(41)49)25-46(55,60-35)32(8)43(53)31(7)44-36(56-9)17-14-15-26(2)22-28(4)42(52)29(5)23-27(3)24-37(57-10)45(54)59-44/h11-17,20-21,23-24,28-32,35-36,38,42-44,48,52-53,55H,18-19,22,25H2,1-10H3,(H,47,50)/b12-11+,16-13+,17-14+,21-20+,26-15+,27-23+,37-24-/t28-,29+,30+,31-,32-,35+,36-,38+,42-,43+,44+,46+/m0/s1. The number of aliphatic hydroxyl groups excluding tert-OH is 3. The van der Waals surface area contributed by atoms with Crippen molar-refractivity contribution in [2.24, 2.45) is 29.6 Å². The summed E-state index contributed by atoms with van der Waals surface area (Å²) >= 11 is 0. The summed E-state index contributed by atoms with van der Waals surface area (Å²) in [4.78, 5) is 51.3. The third kappa shape index (κ3) is 13.5. The van der Waals surface area contributed by atoms with Gasteiger partial charge in [0.15, 0.2) is 11.6 Å². The molecular formula is C46H65NO13. The molecule has 3 aliphatic rings. The van der Waals surface area contributed by atoms with Gasteiger partial charge in [-0.15, -0.1) is 0 Å². The number of hydrogen-bond donors (Lipinski definition) is 5. The highest BCUT2D eigenvalue weighted by atomic mass is 16.6. The molecule has 0 aromatic heterocycles. The molecule has 0 aromatic carbocycles. The summed E-state index contributed by atoms with van der Waals surface area (Å²) in [6.45, 7) is 14.5. The van der Waals surface area contributed by atoms with Gasteiger partial charge in [0.25, 0.3) is 0 Å². The van der Waals surface area contributed by atoms with E-state index in [2.05, 4.69) is 5.32 Å². The van der Waals surface area contributed by atoms with Gasteiger partial charge < -0.3 is 49.4 Å². The molecule has 2 heterocycles. The minimum Gasteiger partial charge on any atom is -0.510 e. The number of rotatable bonds is 12. The fourth-order valence-electron chi connectivity index (χ4n) is 7.71. The Bertz CT molecular complexity index is 1790. The Morgan fingerprint density at radius 3 is 2.38 bits per heavy atom. The lowest BCUT2D eigenvalue weighted by molar-refractivity contribution is -0.314. The average Bonchev–Trinajstić information content (AvgIpc) is 3.52. The first-order valence-corrected chi connectivity index (χ1v) is 20.5. The van der Waals surface area contributed by atoms with E-state index in [0.29, 0.717) is 12.0 Å². The second-order valence-corrected chi connectivity index (χ2v) is 16.2. The average molecular weight is 840 g/mol. The Morgan fingerprint density at radius 1 is 1.07 bits per heavy atom. The molecule has 0 aromatic rings.